The number of hydrogen-bond donors (Lipinski definition) is 0. The van der Waals surface area contributed by atoms with Crippen molar-refractivity contribution in [2.24, 2.45) is 0 Å². The number of carbonyl (C=O) groups is 2. The van der Waals surface area contributed by atoms with Crippen LogP contribution in [-0.2, 0) is 27.2 Å². The minimum absolute atomic E-state index is 0.0217. The molecule has 0 radical (unpaired) electrons. The molecule has 7 heteroatoms. The molecule has 0 aliphatic carbocycles. The Morgan fingerprint density at radius 1 is 1.10 bits per heavy atom. The second-order valence-corrected chi connectivity index (χ2v) is 6.85. The van der Waals surface area contributed by atoms with Gasteiger partial charge in [-0.3, -0.25) is 9.59 Å². The molecule has 3 rings (SSSR count). The zero-order valence-electron chi connectivity index (χ0n) is 16.7. The van der Waals surface area contributed by atoms with Crippen molar-refractivity contribution in [2.45, 2.75) is 25.3 Å². The quantitative estimate of drug-likeness (QED) is 0.696. The Labute approximate surface area is 169 Å². The maximum absolute atomic E-state index is 13.5. The lowest BCUT2D eigenvalue weighted by molar-refractivity contribution is -0.144. The molecule has 0 N–H and O–H groups in total. The molecule has 154 valence electrons. The van der Waals surface area contributed by atoms with E-state index in [0.29, 0.717) is 30.0 Å². The van der Waals surface area contributed by atoms with Gasteiger partial charge in [0.05, 0.1) is 40.2 Å². The van der Waals surface area contributed by atoms with Crippen LogP contribution in [-0.4, -0.2) is 44.7 Å². The smallest absolute Gasteiger partial charge is 0.307 e. The van der Waals surface area contributed by atoms with E-state index in [1.807, 2.05) is 12.1 Å². The topological polar surface area (TPSA) is 65.1 Å². The number of halogens is 1. The molecule has 2 aromatic rings. The summed E-state index contributed by atoms with van der Waals surface area (Å²) in [6.07, 6.45) is 0.689. The van der Waals surface area contributed by atoms with Gasteiger partial charge >= 0.3 is 5.97 Å². The minimum atomic E-state index is -0.493. The van der Waals surface area contributed by atoms with Crippen molar-refractivity contribution in [3.8, 4) is 11.5 Å². The highest BCUT2D eigenvalue weighted by Gasteiger charge is 2.33. The normalized spacial score (nSPS) is 15.4. The minimum Gasteiger partial charge on any atom is -0.493 e. The third-order valence-electron chi connectivity index (χ3n) is 5.16. The monoisotopic (exact) mass is 401 g/mol. The predicted molar refractivity (Wildman–Crippen MR) is 104 cm³/mol. The summed E-state index contributed by atoms with van der Waals surface area (Å²) in [5.41, 5.74) is 2.41. The third kappa shape index (κ3) is 4.50. The van der Waals surface area contributed by atoms with Crippen molar-refractivity contribution < 1.29 is 28.2 Å². The first-order chi connectivity index (χ1) is 14.0. The number of hydrogen-bond acceptors (Lipinski definition) is 5. The van der Waals surface area contributed by atoms with E-state index >= 15 is 0 Å². The van der Waals surface area contributed by atoms with E-state index in [0.717, 1.165) is 11.1 Å². The van der Waals surface area contributed by atoms with Gasteiger partial charge in [-0.15, -0.1) is 0 Å². The highest BCUT2D eigenvalue weighted by Crippen LogP contribution is 2.39. The first-order valence-corrected chi connectivity index (χ1v) is 9.32. The van der Waals surface area contributed by atoms with Crippen LogP contribution in [0.15, 0.2) is 36.4 Å². The van der Waals surface area contributed by atoms with Crippen molar-refractivity contribution in [2.75, 3.05) is 27.9 Å². The molecule has 1 aliphatic heterocycles. The number of esters is 1. The van der Waals surface area contributed by atoms with Gasteiger partial charge in [0.2, 0.25) is 5.91 Å². The van der Waals surface area contributed by atoms with Gasteiger partial charge in [-0.1, -0.05) is 12.1 Å². The SMILES string of the molecule is COC(=O)C[C@H]1c2cc(OC)c(OC)cc2CCN1C(=O)Cc1cccc(F)c1. The van der Waals surface area contributed by atoms with Crippen LogP contribution in [0.1, 0.15) is 29.2 Å². The van der Waals surface area contributed by atoms with Crippen molar-refractivity contribution in [3.63, 3.8) is 0 Å². The fourth-order valence-electron chi connectivity index (χ4n) is 3.71. The van der Waals surface area contributed by atoms with Gasteiger partial charge in [0.1, 0.15) is 5.82 Å². The second kappa shape index (κ2) is 8.94. The van der Waals surface area contributed by atoms with E-state index < -0.39 is 12.0 Å². The lowest BCUT2D eigenvalue weighted by atomic mass is 9.89. The largest absolute Gasteiger partial charge is 0.493 e. The van der Waals surface area contributed by atoms with Crippen LogP contribution in [0.25, 0.3) is 0 Å². The number of carbonyl (C=O) groups excluding carboxylic acids is 2. The summed E-state index contributed by atoms with van der Waals surface area (Å²) in [6.45, 7) is 0.443. The molecule has 0 saturated heterocycles. The van der Waals surface area contributed by atoms with Crippen LogP contribution in [0.5, 0.6) is 11.5 Å². The number of nitrogens with zero attached hydrogens (tertiary/aromatic N) is 1. The molecule has 1 aliphatic rings. The van der Waals surface area contributed by atoms with E-state index in [2.05, 4.69) is 0 Å². The Bertz CT molecular complexity index is 914. The molecule has 29 heavy (non-hydrogen) atoms. The Balaban J connectivity index is 1.95. The van der Waals surface area contributed by atoms with Gasteiger partial charge in [0, 0.05) is 6.54 Å². The summed E-state index contributed by atoms with van der Waals surface area (Å²) in [5.74, 6) is 0.150. The molecule has 1 amide bonds. The molecule has 1 heterocycles. The number of ether oxygens (including phenoxy) is 3. The number of benzene rings is 2. The van der Waals surface area contributed by atoms with Crippen LogP contribution in [0.4, 0.5) is 4.39 Å². The fourth-order valence-corrected chi connectivity index (χ4v) is 3.71. The Morgan fingerprint density at radius 3 is 2.48 bits per heavy atom. The molecule has 6 nitrogen and oxygen atoms in total. The van der Waals surface area contributed by atoms with E-state index in [9.17, 15) is 14.0 Å². The highest BCUT2D eigenvalue weighted by atomic mass is 19.1. The molecular weight excluding hydrogens is 377 g/mol. The zero-order chi connectivity index (χ0) is 21.0. The molecule has 1 atom stereocenters. The zero-order valence-corrected chi connectivity index (χ0v) is 16.7. The molecule has 0 fully saturated rings. The number of amides is 1. The summed E-state index contributed by atoms with van der Waals surface area (Å²) in [7, 11) is 4.42. The van der Waals surface area contributed by atoms with Crippen molar-refractivity contribution in [1.82, 2.24) is 4.90 Å². The van der Waals surface area contributed by atoms with Crippen LogP contribution < -0.4 is 9.47 Å². The Hall–Kier alpha value is -3.09. The summed E-state index contributed by atoms with van der Waals surface area (Å²) >= 11 is 0. The summed E-state index contributed by atoms with van der Waals surface area (Å²) in [5, 5.41) is 0. The standard InChI is InChI=1S/C22H24FNO5/c1-27-19-11-15-7-8-24(21(25)10-14-5-4-6-16(23)9-14)18(13-22(26)29-3)17(15)12-20(19)28-2/h4-6,9,11-12,18H,7-8,10,13H2,1-3H3/t18-/m0/s1. The van der Waals surface area contributed by atoms with Gasteiger partial charge < -0.3 is 19.1 Å². The van der Waals surface area contributed by atoms with E-state index in [1.54, 1.807) is 24.1 Å². The average molecular weight is 401 g/mol. The Kier molecular flexibility index (Phi) is 6.36. The molecule has 0 bridgehead atoms. The molecule has 2 aromatic carbocycles. The van der Waals surface area contributed by atoms with Crippen LogP contribution >= 0.6 is 0 Å². The molecule has 0 aromatic heterocycles. The molecular formula is C22H24FNO5. The van der Waals surface area contributed by atoms with E-state index in [1.165, 1.54) is 26.4 Å². The average Bonchev–Trinajstić information content (AvgIpc) is 2.72. The van der Waals surface area contributed by atoms with Crippen molar-refractivity contribution in [3.05, 3.63) is 58.9 Å². The van der Waals surface area contributed by atoms with Gasteiger partial charge in [-0.05, 0) is 47.4 Å². The van der Waals surface area contributed by atoms with E-state index in [-0.39, 0.29) is 24.6 Å². The van der Waals surface area contributed by atoms with Gasteiger partial charge in [0.15, 0.2) is 11.5 Å². The van der Waals surface area contributed by atoms with Gasteiger partial charge in [0.25, 0.3) is 0 Å². The lowest BCUT2D eigenvalue weighted by Crippen LogP contribution is -2.42. The van der Waals surface area contributed by atoms with Crippen LogP contribution in [0.2, 0.25) is 0 Å². The predicted octanol–water partition coefficient (Wildman–Crippen LogP) is 3.07. The Morgan fingerprint density at radius 2 is 1.83 bits per heavy atom. The second-order valence-electron chi connectivity index (χ2n) is 6.85. The number of rotatable bonds is 6. The maximum Gasteiger partial charge on any atom is 0.307 e. The van der Waals surface area contributed by atoms with Gasteiger partial charge in [-0.2, -0.15) is 0 Å². The maximum atomic E-state index is 13.5. The first kappa shape index (κ1) is 20.6. The van der Waals surface area contributed by atoms with Crippen LogP contribution in [0, 0.1) is 5.82 Å². The lowest BCUT2D eigenvalue weighted by Gasteiger charge is -2.37. The molecule has 0 saturated carbocycles. The molecule has 0 spiro atoms. The van der Waals surface area contributed by atoms with Gasteiger partial charge in [-0.25, -0.2) is 4.39 Å². The number of fused-ring (bicyclic) bond motifs is 1. The number of methoxy groups -OCH3 is 3. The summed E-state index contributed by atoms with van der Waals surface area (Å²) < 4.78 is 29.1. The van der Waals surface area contributed by atoms with Crippen molar-refractivity contribution in [1.29, 1.82) is 0 Å². The van der Waals surface area contributed by atoms with Crippen LogP contribution in [0.3, 0.4) is 0 Å². The first-order valence-electron chi connectivity index (χ1n) is 9.32. The molecule has 0 unspecified atom stereocenters. The highest BCUT2D eigenvalue weighted by molar-refractivity contribution is 5.81. The van der Waals surface area contributed by atoms with E-state index in [4.69, 9.17) is 14.2 Å². The fraction of sp³-hybridized carbons (Fsp3) is 0.364. The summed E-state index contributed by atoms with van der Waals surface area (Å²) in [6, 6.07) is 9.17. The third-order valence-corrected chi connectivity index (χ3v) is 5.16. The van der Waals surface area contributed by atoms with Crippen molar-refractivity contribution >= 4 is 11.9 Å². The summed E-state index contributed by atoms with van der Waals surface area (Å²) in [4.78, 5) is 26.8.